The van der Waals surface area contributed by atoms with Crippen molar-refractivity contribution in [3.63, 3.8) is 0 Å². The van der Waals surface area contributed by atoms with Crippen molar-refractivity contribution in [2.24, 2.45) is 11.7 Å². The minimum Gasteiger partial charge on any atom is -0.339 e. The van der Waals surface area contributed by atoms with Gasteiger partial charge >= 0.3 is 0 Å². The molecule has 1 unspecified atom stereocenters. The van der Waals surface area contributed by atoms with Crippen molar-refractivity contribution in [2.45, 2.75) is 25.7 Å². The lowest BCUT2D eigenvalue weighted by molar-refractivity contribution is 0.355. The molecule has 17 heavy (non-hydrogen) atoms. The molecule has 0 aromatic carbocycles. The second-order valence-electron chi connectivity index (χ2n) is 4.47. The van der Waals surface area contributed by atoms with Crippen LogP contribution in [0, 0.1) is 5.92 Å². The molecule has 0 bridgehead atoms. The fourth-order valence-electron chi connectivity index (χ4n) is 2.01. The van der Waals surface area contributed by atoms with Gasteiger partial charge in [0.25, 0.3) is 0 Å². The van der Waals surface area contributed by atoms with Gasteiger partial charge in [-0.3, -0.25) is 0 Å². The average molecular weight is 259 g/mol. The Morgan fingerprint density at radius 3 is 2.94 bits per heavy atom. The van der Waals surface area contributed by atoms with Gasteiger partial charge < -0.3 is 10.3 Å². The molecular formula is C10H17N3O3S. The van der Waals surface area contributed by atoms with Crippen LogP contribution in [0.15, 0.2) is 4.52 Å². The van der Waals surface area contributed by atoms with E-state index in [0.29, 0.717) is 37.5 Å². The van der Waals surface area contributed by atoms with E-state index >= 15 is 0 Å². The highest BCUT2D eigenvalue weighted by Gasteiger charge is 2.29. The van der Waals surface area contributed by atoms with Gasteiger partial charge in [-0.15, -0.1) is 0 Å². The van der Waals surface area contributed by atoms with Crippen LogP contribution in [-0.4, -0.2) is 36.6 Å². The van der Waals surface area contributed by atoms with E-state index in [4.69, 9.17) is 10.3 Å². The lowest BCUT2D eigenvalue weighted by Gasteiger charge is -2.01. The smallest absolute Gasteiger partial charge is 0.226 e. The minimum atomic E-state index is -2.83. The predicted molar refractivity (Wildman–Crippen MR) is 62.1 cm³/mol. The maximum atomic E-state index is 11.3. The van der Waals surface area contributed by atoms with Gasteiger partial charge in [0.15, 0.2) is 15.7 Å². The molecule has 0 spiro atoms. The average Bonchev–Trinajstić information content (AvgIpc) is 2.83. The number of nitrogens with zero attached hydrogens (tertiary/aromatic N) is 2. The van der Waals surface area contributed by atoms with Crippen LogP contribution in [0.2, 0.25) is 0 Å². The van der Waals surface area contributed by atoms with E-state index in [0.717, 1.165) is 6.42 Å². The normalized spacial score (nSPS) is 23.0. The van der Waals surface area contributed by atoms with Crippen molar-refractivity contribution in [1.82, 2.24) is 10.1 Å². The van der Waals surface area contributed by atoms with E-state index in [1.54, 1.807) is 0 Å². The first kappa shape index (κ1) is 12.5. The summed E-state index contributed by atoms with van der Waals surface area (Å²) < 4.78 is 27.7. The molecule has 1 aromatic heterocycles. The summed E-state index contributed by atoms with van der Waals surface area (Å²) in [5.41, 5.74) is 5.39. The summed E-state index contributed by atoms with van der Waals surface area (Å²) in [6.45, 7) is 0.602. The highest BCUT2D eigenvalue weighted by atomic mass is 32.2. The second kappa shape index (κ2) is 5.14. The van der Waals surface area contributed by atoms with Gasteiger partial charge in [-0.05, 0) is 25.3 Å². The first-order valence-electron chi connectivity index (χ1n) is 5.81. The molecule has 2 rings (SSSR count). The zero-order valence-electron chi connectivity index (χ0n) is 9.63. The molecule has 0 saturated carbocycles. The molecule has 1 aliphatic heterocycles. The van der Waals surface area contributed by atoms with Crippen LogP contribution >= 0.6 is 0 Å². The molecule has 0 aliphatic carbocycles. The van der Waals surface area contributed by atoms with Gasteiger partial charge in [0, 0.05) is 12.8 Å². The molecule has 1 atom stereocenters. The van der Waals surface area contributed by atoms with Crippen molar-refractivity contribution < 1.29 is 12.9 Å². The third-order valence-corrected chi connectivity index (χ3v) is 4.74. The Morgan fingerprint density at radius 2 is 2.29 bits per heavy atom. The lowest BCUT2D eigenvalue weighted by atomic mass is 10.1. The molecule has 2 heterocycles. The minimum absolute atomic E-state index is 0.128. The second-order valence-corrected chi connectivity index (χ2v) is 6.70. The largest absolute Gasteiger partial charge is 0.339 e. The van der Waals surface area contributed by atoms with Crippen LogP contribution in [0.5, 0.6) is 0 Å². The predicted octanol–water partition coefficient (Wildman–Crippen LogP) is -0.0619. The highest BCUT2D eigenvalue weighted by molar-refractivity contribution is 7.91. The van der Waals surface area contributed by atoms with Gasteiger partial charge in [-0.25, -0.2) is 8.42 Å². The molecule has 0 amide bonds. The summed E-state index contributed by atoms with van der Waals surface area (Å²) >= 11 is 0. The molecule has 7 heteroatoms. The van der Waals surface area contributed by atoms with Crippen molar-refractivity contribution in [3.8, 4) is 0 Å². The van der Waals surface area contributed by atoms with E-state index < -0.39 is 9.84 Å². The number of hydrogen-bond acceptors (Lipinski definition) is 6. The summed E-state index contributed by atoms with van der Waals surface area (Å²) in [6.07, 6.45) is 2.80. The number of sulfone groups is 1. The monoisotopic (exact) mass is 259 g/mol. The Balaban J connectivity index is 1.89. The maximum absolute atomic E-state index is 11.3. The Bertz CT molecular complexity index is 469. The fraction of sp³-hybridized carbons (Fsp3) is 0.800. The van der Waals surface area contributed by atoms with E-state index in [-0.39, 0.29) is 17.4 Å². The zero-order valence-corrected chi connectivity index (χ0v) is 10.4. The van der Waals surface area contributed by atoms with Crippen molar-refractivity contribution >= 4 is 9.84 Å². The van der Waals surface area contributed by atoms with Crippen LogP contribution in [0.1, 0.15) is 24.6 Å². The quantitative estimate of drug-likeness (QED) is 0.795. The third-order valence-electron chi connectivity index (χ3n) is 2.90. The molecule has 2 N–H and O–H groups in total. The van der Waals surface area contributed by atoms with E-state index in [2.05, 4.69) is 10.1 Å². The van der Waals surface area contributed by atoms with Gasteiger partial charge in [0.2, 0.25) is 5.89 Å². The Hall–Kier alpha value is -0.950. The molecule has 96 valence electrons. The molecule has 1 saturated heterocycles. The summed E-state index contributed by atoms with van der Waals surface area (Å²) in [5.74, 6) is 1.85. The molecule has 1 fully saturated rings. The van der Waals surface area contributed by atoms with Gasteiger partial charge in [-0.2, -0.15) is 4.98 Å². The number of aryl methyl sites for hydroxylation is 1. The molecule has 6 nitrogen and oxygen atoms in total. The molecular weight excluding hydrogens is 242 g/mol. The Kier molecular flexibility index (Phi) is 3.78. The first-order chi connectivity index (χ1) is 8.09. The Labute approximate surface area is 100 Å². The van der Waals surface area contributed by atoms with Crippen molar-refractivity contribution in [1.29, 1.82) is 0 Å². The highest BCUT2D eigenvalue weighted by Crippen LogP contribution is 2.21. The van der Waals surface area contributed by atoms with E-state index in [9.17, 15) is 8.42 Å². The van der Waals surface area contributed by atoms with E-state index in [1.165, 1.54) is 0 Å². The SMILES string of the molecule is NCCCc1noc(CC2CCS(=O)(=O)C2)n1. The number of rotatable bonds is 5. The van der Waals surface area contributed by atoms with Crippen LogP contribution in [0.25, 0.3) is 0 Å². The van der Waals surface area contributed by atoms with Crippen molar-refractivity contribution in [2.75, 3.05) is 18.1 Å². The zero-order chi connectivity index (χ0) is 12.3. The van der Waals surface area contributed by atoms with E-state index in [1.807, 2.05) is 0 Å². The number of hydrogen-bond donors (Lipinski definition) is 1. The topological polar surface area (TPSA) is 99.1 Å². The van der Waals surface area contributed by atoms with Gasteiger partial charge in [0.05, 0.1) is 11.5 Å². The number of nitrogens with two attached hydrogens (primary N) is 1. The Morgan fingerprint density at radius 1 is 1.47 bits per heavy atom. The summed E-state index contributed by atoms with van der Waals surface area (Å²) in [6, 6.07) is 0. The van der Waals surface area contributed by atoms with Crippen LogP contribution in [0.3, 0.4) is 0 Å². The molecule has 1 aromatic rings. The fourth-order valence-corrected chi connectivity index (χ4v) is 3.88. The molecule has 0 radical (unpaired) electrons. The van der Waals surface area contributed by atoms with Crippen LogP contribution in [0.4, 0.5) is 0 Å². The van der Waals surface area contributed by atoms with Crippen molar-refractivity contribution in [3.05, 3.63) is 11.7 Å². The lowest BCUT2D eigenvalue weighted by Crippen LogP contribution is -2.07. The molecule has 1 aliphatic rings. The first-order valence-corrected chi connectivity index (χ1v) is 7.63. The van der Waals surface area contributed by atoms with Crippen LogP contribution < -0.4 is 5.73 Å². The summed E-state index contributed by atoms with van der Waals surface area (Å²) in [7, 11) is -2.83. The van der Waals surface area contributed by atoms with Gasteiger partial charge in [0.1, 0.15) is 0 Å². The summed E-state index contributed by atoms with van der Waals surface area (Å²) in [5, 5.41) is 3.84. The van der Waals surface area contributed by atoms with Crippen LogP contribution in [-0.2, 0) is 22.7 Å². The standard InChI is InChI=1S/C10H17N3O3S/c11-4-1-2-9-12-10(16-13-9)6-8-3-5-17(14,15)7-8/h8H,1-7,11H2. The number of aromatic nitrogens is 2. The van der Waals surface area contributed by atoms with Gasteiger partial charge in [-0.1, -0.05) is 5.16 Å². The third kappa shape index (κ3) is 3.50. The maximum Gasteiger partial charge on any atom is 0.226 e. The summed E-state index contributed by atoms with van der Waals surface area (Å²) in [4.78, 5) is 4.23.